The molecule has 6 nitrogen and oxygen atoms in total. The van der Waals surface area contributed by atoms with Gasteiger partial charge in [0.25, 0.3) is 0 Å². The Morgan fingerprint density at radius 2 is 1.87 bits per heavy atom. The largest absolute Gasteiger partial charge is 0.444 e. The van der Waals surface area contributed by atoms with E-state index in [1.54, 1.807) is 33.8 Å². The van der Waals surface area contributed by atoms with Gasteiger partial charge in [-0.25, -0.2) is 22.9 Å². The number of nitriles is 1. The van der Waals surface area contributed by atoms with E-state index >= 15 is 0 Å². The number of anilines is 1. The molecule has 0 spiro atoms. The topological polar surface area (TPSA) is 87.0 Å². The molecule has 1 aromatic heterocycles. The zero-order valence-electron chi connectivity index (χ0n) is 16.7. The molecule has 1 aromatic carbocycles. The Morgan fingerprint density at radius 3 is 2.43 bits per heavy atom. The molecular formula is C20H20ClF3N4O2. The summed E-state index contributed by atoms with van der Waals surface area (Å²) in [7, 11) is 0. The van der Waals surface area contributed by atoms with Gasteiger partial charge in [0.15, 0.2) is 23.3 Å². The molecule has 0 saturated heterocycles. The zero-order valence-corrected chi connectivity index (χ0v) is 17.4. The third-order valence-electron chi connectivity index (χ3n) is 3.89. The molecule has 2 rings (SSSR count). The number of aromatic nitrogens is 1. The van der Waals surface area contributed by atoms with Crippen molar-refractivity contribution in [1.29, 1.82) is 5.26 Å². The average Bonchev–Trinajstić information content (AvgIpc) is 2.62. The van der Waals surface area contributed by atoms with Gasteiger partial charge in [0.05, 0.1) is 17.6 Å². The van der Waals surface area contributed by atoms with E-state index in [-0.39, 0.29) is 22.1 Å². The van der Waals surface area contributed by atoms with Gasteiger partial charge in [0.2, 0.25) is 0 Å². The Kier molecular flexibility index (Phi) is 7.16. The first-order valence-electron chi connectivity index (χ1n) is 8.88. The van der Waals surface area contributed by atoms with Crippen LogP contribution in [0.25, 0.3) is 0 Å². The molecule has 0 radical (unpaired) electrons. The molecule has 0 aliphatic carbocycles. The van der Waals surface area contributed by atoms with E-state index in [0.29, 0.717) is 0 Å². The van der Waals surface area contributed by atoms with Crippen LogP contribution in [0.15, 0.2) is 24.3 Å². The minimum atomic E-state index is -1.12. The van der Waals surface area contributed by atoms with Crippen LogP contribution in [0.1, 0.15) is 44.9 Å². The van der Waals surface area contributed by atoms with Crippen molar-refractivity contribution in [3.63, 3.8) is 0 Å². The number of rotatable bonds is 5. The first-order valence-corrected chi connectivity index (χ1v) is 9.26. The molecule has 0 saturated carbocycles. The number of nitrogens with zero attached hydrogens (tertiary/aromatic N) is 2. The molecule has 2 N–H and O–H groups in total. The van der Waals surface area contributed by atoms with Crippen LogP contribution in [0.4, 0.5) is 23.8 Å². The van der Waals surface area contributed by atoms with E-state index in [1.807, 2.05) is 0 Å². The monoisotopic (exact) mass is 440 g/mol. The summed E-state index contributed by atoms with van der Waals surface area (Å²) in [6.45, 7) is 6.60. The van der Waals surface area contributed by atoms with Crippen molar-refractivity contribution < 1.29 is 22.7 Å². The van der Waals surface area contributed by atoms with Gasteiger partial charge in [-0.15, -0.1) is 0 Å². The van der Waals surface area contributed by atoms with Crippen LogP contribution in [-0.2, 0) is 4.74 Å². The highest BCUT2D eigenvalue weighted by Gasteiger charge is 2.26. The summed E-state index contributed by atoms with van der Waals surface area (Å²) in [5.74, 6) is -3.38. The molecule has 1 amide bonds. The number of amides is 1. The first-order chi connectivity index (χ1) is 13.9. The predicted molar refractivity (Wildman–Crippen MR) is 105 cm³/mol. The van der Waals surface area contributed by atoms with E-state index in [1.165, 1.54) is 6.07 Å². The highest BCUT2D eigenvalue weighted by molar-refractivity contribution is 6.30. The lowest BCUT2D eigenvalue weighted by atomic mass is 10.00. The van der Waals surface area contributed by atoms with Gasteiger partial charge in [-0.1, -0.05) is 17.7 Å². The highest BCUT2D eigenvalue weighted by atomic mass is 35.5. The van der Waals surface area contributed by atoms with Gasteiger partial charge < -0.3 is 15.4 Å². The fraction of sp³-hybridized carbons (Fsp3) is 0.350. The van der Waals surface area contributed by atoms with E-state index < -0.39 is 41.2 Å². The average molecular weight is 441 g/mol. The Bertz CT molecular complexity index is 989. The van der Waals surface area contributed by atoms with Gasteiger partial charge in [0.1, 0.15) is 16.8 Å². The second-order valence-corrected chi connectivity index (χ2v) is 7.86. The lowest BCUT2D eigenvalue weighted by Crippen LogP contribution is -2.42. The van der Waals surface area contributed by atoms with Crippen LogP contribution >= 0.6 is 11.6 Å². The Morgan fingerprint density at radius 1 is 1.20 bits per heavy atom. The van der Waals surface area contributed by atoms with E-state index in [4.69, 9.17) is 21.6 Å². The van der Waals surface area contributed by atoms with Gasteiger partial charge >= 0.3 is 6.09 Å². The van der Waals surface area contributed by atoms with Crippen molar-refractivity contribution in [2.45, 2.75) is 45.4 Å². The van der Waals surface area contributed by atoms with Gasteiger partial charge in [-0.3, -0.25) is 0 Å². The smallest absolute Gasteiger partial charge is 0.407 e. The number of halogens is 4. The number of carbonyl (C=O) groups excluding carboxylic acids is 1. The summed E-state index contributed by atoms with van der Waals surface area (Å²) in [5, 5.41) is 14.0. The molecule has 0 aliphatic heterocycles. The van der Waals surface area contributed by atoms with Crippen LogP contribution in [0.3, 0.4) is 0 Å². The highest BCUT2D eigenvalue weighted by Crippen LogP contribution is 2.27. The molecule has 2 aromatic rings. The van der Waals surface area contributed by atoms with Gasteiger partial charge in [0, 0.05) is 0 Å². The zero-order chi connectivity index (χ0) is 22.6. The quantitative estimate of drug-likeness (QED) is 0.632. The van der Waals surface area contributed by atoms with Crippen molar-refractivity contribution in [2.24, 2.45) is 0 Å². The van der Waals surface area contributed by atoms with Crippen LogP contribution in [-0.4, -0.2) is 22.7 Å². The SMILES string of the molecule is C[C@H](NC(=O)OC(C)(C)C)[C@H](Nc1nc(Cl)c(C#N)cc1F)c1ccc(F)c(F)c1. The molecule has 30 heavy (non-hydrogen) atoms. The van der Waals surface area contributed by atoms with Crippen molar-refractivity contribution in [3.05, 3.63) is 58.0 Å². The summed E-state index contributed by atoms with van der Waals surface area (Å²) >= 11 is 5.87. The van der Waals surface area contributed by atoms with Crippen LogP contribution < -0.4 is 10.6 Å². The summed E-state index contributed by atoms with van der Waals surface area (Å²) in [5.41, 5.74) is -0.716. The third kappa shape index (κ3) is 6.00. The molecule has 0 bridgehead atoms. The van der Waals surface area contributed by atoms with Crippen molar-refractivity contribution in [3.8, 4) is 6.07 Å². The number of hydrogen-bond acceptors (Lipinski definition) is 5. The van der Waals surface area contributed by atoms with Crippen molar-refractivity contribution >= 4 is 23.5 Å². The number of carbonyl (C=O) groups is 1. The lowest BCUT2D eigenvalue weighted by Gasteiger charge is -2.28. The molecule has 1 heterocycles. The number of alkyl carbamates (subject to hydrolysis) is 1. The second-order valence-electron chi connectivity index (χ2n) is 7.50. The molecule has 160 valence electrons. The molecule has 10 heteroatoms. The third-order valence-corrected chi connectivity index (χ3v) is 4.18. The van der Waals surface area contributed by atoms with Crippen molar-refractivity contribution in [2.75, 3.05) is 5.32 Å². The summed E-state index contributed by atoms with van der Waals surface area (Å²) in [6.07, 6.45) is -0.754. The molecule has 0 aliphatic rings. The van der Waals surface area contributed by atoms with Crippen LogP contribution in [0, 0.1) is 28.8 Å². The lowest BCUT2D eigenvalue weighted by molar-refractivity contribution is 0.0503. The predicted octanol–water partition coefficient (Wildman–Crippen LogP) is 5.09. The minimum absolute atomic E-state index is 0.163. The number of benzene rings is 1. The first kappa shape index (κ1) is 23.3. The van der Waals surface area contributed by atoms with E-state index in [0.717, 1.165) is 18.2 Å². The molecule has 2 atom stereocenters. The standard InChI is InChI=1S/C20H20ClF3N4O2/c1-10(26-19(29)30-20(2,3)4)16(11-5-6-13(22)14(23)7-11)27-18-15(24)8-12(9-25)17(21)28-18/h5-8,10,16H,1-4H3,(H,26,29)(H,27,28)/t10-,16-/m0/s1. The van der Waals surface area contributed by atoms with E-state index in [9.17, 15) is 18.0 Å². The maximum absolute atomic E-state index is 14.4. The fourth-order valence-electron chi connectivity index (χ4n) is 2.57. The molecule has 0 unspecified atom stereocenters. The van der Waals surface area contributed by atoms with E-state index in [2.05, 4.69) is 15.6 Å². The number of hydrogen-bond donors (Lipinski definition) is 2. The van der Waals surface area contributed by atoms with Crippen LogP contribution in [0.5, 0.6) is 0 Å². The maximum atomic E-state index is 14.4. The van der Waals surface area contributed by atoms with Crippen molar-refractivity contribution in [1.82, 2.24) is 10.3 Å². The minimum Gasteiger partial charge on any atom is -0.444 e. The van der Waals surface area contributed by atoms with Gasteiger partial charge in [-0.2, -0.15) is 5.26 Å². The second kappa shape index (κ2) is 9.22. The van der Waals surface area contributed by atoms with Gasteiger partial charge in [-0.05, 0) is 51.5 Å². The summed E-state index contributed by atoms with van der Waals surface area (Å²) < 4.78 is 46.8. The molecular weight excluding hydrogens is 421 g/mol. The Hall–Kier alpha value is -2.99. The number of pyridine rings is 1. The Labute approximate surface area is 177 Å². The normalized spacial score (nSPS) is 13.2. The fourth-order valence-corrected chi connectivity index (χ4v) is 2.75. The Balaban J connectivity index is 2.39. The number of ether oxygens (including phenoxy) is 1. The number of nitrogens with one attached hydrogen (secondary N) is 2. The summed E-state index contributed by atoms with van der Waals surface area (Å²) in [6, 6.07) is 3.99. The maximum Gasteiger partial charge on any atom is 0.407 e. The molecule has 0 fully saturated rings. The van der Waals surface area contributed by atoms with Crippen LogP contribution in [0.2, 0.25) is 5.15 Å². The summed E-state index contributed by atoms with van der Waals surface area (Å²) in [4.78, 5) is 16.0.